The maximum Gasteiger partial charge on any atom is 0.287 e. The SMILES string of the molecule is C[C@@H]1CC[C@H](NC(=O)[C@@H](CC2CCCCCC2)NC(=O)c2ccco2)C(=O)CN1S(=O)(=O)c1ccccn1. The van der Waals surface area contributed by atoms with Crippen LogP contribution in [0.5, 0.6) is 0 Å². The number of nitrogens with one attached hydrogen (secondary N) is 2. The Balaban J connectivity index is 1.47. The number of hydrogen-bond donors (Lipinski definition) is 2. The van der Waals surface area contributed by atoms with Crippen molar-refractivity contribution in [2.24, 2.45) is 5.92 Å². The van der Waals surface area contributed by atoms with Crippen LogP contribution in [0.1, 0.15) is 75.3 Å². The predicted molar refractivity (Wildman–Crippen MR) is 140 cm³/mol. The van der Waals surface area contributed by atoms with Crippen LogP contribution in [0.3, 0.4) is 0 Å². The van der Waals surface area contributed by atoms with E-state index in [1.807, 2.05) is 0 Å². The standard InChI is InChI=1S/C27H36N4O6S/c1-19-13-14-21(23(32)18-31(19)38(35,36)25-12-6-7-15-28-25)29-26(33)22(17-20-9-4-2-3-5-10-20)30-27(34)24-11-8-16-37-24/h6-8,11-12,15-16,19-22H,2-5,9-10,13-14,17-18H2,1H3,(H,29,33)(H,30,34)/t19-,21+,22-/m1/s1. The molecule has 2 N–H and O–H groups in total. The van der Waals surface area contributed by atoms with Gasteiger partial charge in [0.2, 0.25) is 5.91 Å². The van der Waals surface area contributed by atoms with Gasteiger partial charge in [-0.25, -0.2) is 13.4 Å². The van der Waals surface area contributed by atoms with Crippen molar-refractivity contribution < 1.29 is 27.2 Å². The molecule has 1 saturated carbocycles. The summed E-state index contributed by atoms with van der Waals surface area (Å²) in [6, 6.07) is 5.60. The van der Waals surface area contributed by atoms with Crippen molar-refractivity contribution in [3.63, 3.8) is 0 Å². The molecule has 2 aliphatic rings. The van der Waals surface area contributed by atoms with Crippen LogP contribution in [0.2, 0.25) is 0 Å². The molecule has 1 aliphatic carbocycles. The molecule has 3 heterocycles. The lowest BCUT2D eigenvalue weighted by Crippen LogP contribution is -2.53. The molecule has 0 radical (unpaired) electrons. The van der Waals surface area contributed by atoms with E-state index >= 15 is 0 Å². The van der Waals surface area contributed by atoms with E-state index in [9.17, 15) is 22.8 Å². The van der Waals surface area contributed by atoms with Crippen LogP contribution in [0.15, 0.2) is 52.2 Å². The second-order valence-corrected chi connectivity index (χ2v) is 12.1. The summed E-state index contributed by atoms with van der Waals surface area (Å²) >= 11 is 0. The summed E-state index contributed by atoms with van der Waals surface area (Å²) in [5.74, 6) is -0.932. The number of carbonyl (C=O) groups is 3. The summed E-state index contributed by atoms with van der Waals surface area (Å²) in [7, 11) is -3.98. The van der Waals surface area contributed by atoms with E-state index in [4.69, 9.17) is 4.42 Å². The Labute approximate surface area is 223 Å². The maximum absolute atomic E-state index is 13.5. The number of ketones is 1. The second kappa shape index (κ2) is 12.7. The second-order valence-electron chi connectivity index (χ2n) is 10.3. The molecule has 11 heteroatoms. The van der Waals surface area contributed by atoms with E-state index in [1.54, 1.807) is 25.1 Å². The van der Waals surface area contributed by atoms with E-state index in [-0.39, 0.29) is 23.2 Å². The van der Waals surface area contributed by atoms with E-state index in [0.29, 0.717) is 19.3 Å². The Hall–Kier alpha value is -3.05. The minimum Gasteiger partial charge on any atom is -0.459 e. The van der Waals surface area contributed by atoms with Crippen molar-refractivity contribution in [3.05, 3.63) is 48.6 Å². The van der Waals surface area contributed by atoms with E-state index in [1.165, 1.54) is 37.4 Å². The smallest absolute Gasteiger partial charge is 0.287 e. The van der Waals surface area contributed by atoms with Gasteiger partial charge >= 0.3 is 0 Å². The normalized spacial score (nSPS) is 22.7. The molecule has 3 atom stereocenters. The monoisotopic (exact) mass is 544 g/mol. The van der Waals surface area contributed by atoms with E-state index in [2.05, 4.69) is 15.6 Å². The number of carbonyl (C=O) groups excluding carboxylic acids is 3. The zero-order valence-corrected chi connectivity index (χ0v) is 22.5. The zero-order valence-electron chi connectivity index (χ0n) is 21.7. The molecule has 2 amide bonds. The molecule has 2 aromatic heterocycles. The fourth-order valence-electron chi connectivity index (χ4n) is 5.30. The quantitative estimate of drug-likeness (QED) is 0.487. The average Bonchev–Trinajstić information content (AvgIpc) is 3.28. The van der Waals surface area contributed by atoms with Crippen molar-refractivity contribution in [1.82, 2.24) is 19.9 Å². The molecular formula is C27H36N4O6S. The summed E-state index contributed by atoms with van der Waals surface area (Å²) in [5, 5.41) is 5.51. The molecule has 0 unspecified atom stereocenters. The van der Waals surface area contributed by atoms with Crippen LogP contribution < -0.4 is 10.6 Å². The minimum absolute atomic E-state index is 0.110. The molecular weight excluding hydrogens is 508 g/mol. The Bertz CT molecular complexity index is 1190. The third-order valence-electron chi connectivity index (χ3n) is 7.50. The molecule has 38 heavy (non-hydrogen) atoms. The van der Waals surface area contributed by atoms with Crippen LogP contribution in [-0.4, -0.2) is 60.0 Å². The maximum atomic E-state index is 13.5. The molecule has 2 aromatic rings. The molecule has 1 saturated heterocycles. The number of Topliss-reactive ketones (excluding diaryl/α,β-unsaturated/α-hetero) is 1. The molecule has 2 fully saturated rings. The fraction of sp³-hybridized carbons (Fsp3) is 0.556. The molecule has 4 rings (SSSR count). The topological polar surface area (TPSA) is 139 Å². The molecule has 0 bridgehead atoms. The van der Waals surface area contributed by atoms with Crippen molar-refractivity contribution in [3.8, 4) is 0 Å². The van der Waals surface area contributed by atoms with Crippen LogP contribution in [0, 0.1) is 5.92 Å². The fourth-order valence-corrected chi connectivity index (χ4v) is 6.86. The van der Waals surface area contributed by atoms with Crippen LogP contribution in [-0.2, 0) is 19.6 Å². The van der Waals surface area contributed by atoms with E-state index < -0.39 is 45.7 Å². The number of sulfonamides is 1. The number of nitrogens with zero attached hydrogens (tertiary/aromatic N) is 2. The lowest BCUT2D eigenvalue weighted by atomic mass is 9.91. The Morgan fingerprint density at radius 1 is 1.08 bits per heavy atom. The molecule has 206 valence electrons. The highest BCUT2D eigenvalue weighted by Crippen LogP contribution is 2.27. The molecule has 10 nitrogen and oxygen atoms in total. The highest BCUT2D eigenvalue weighted by atomic mass is 32.2. The van der Waals surface area contributed by atoms with Gasteiger partial charge in [-0.2, -0.15) is 4.31 Å². The van der Waals surface area contributed by atoms with Gasteiger partial charge in [0.05, 0.1) is 18.8 Å². The summed E-state index contributed by atoms with van der Waals surface area (Å²) < 4.78 is 32.7. The number of rotatable bonds is 8. The highest BCUT2D eigenvalue weighted by Gasteiger charge is 2.38. The Morgan fingerprint density at radius 3 is 2.50 bits per heavy atom. The van der Waals surface area contributed by atoms with Gasteiger partial charge < -0.3 is 15.1 Å². The Kier molecular flexibility index (Phi) is 9.32. The van der Waals surface area contributed by atoms with Crippen LogP contribution >= 0.6 is 0 Å². The first-order chi connectivity index (χ1) is 18.3. The number of furan rings is 1. The van der Waals surface area contributed by atoms with Crippen molar-refractivity contribution >= 4 is 27.6 Å². The van der Waals surface area contributed by atoms with Crippen molar-refractivity contribution in [2.75, 3.05) is 6.54 Å². The van der Waals surface area contributed by atoms with Gasteiger partial charge in [-0.3, -0.25) is 14.4 Å². The number of hydrogen-bond acceptors (Lipinski definition) is 7. The van der Waals surface area contributed by atoms with Gasteiger partial charge in [0, 0.05) is 12.2 Å². The van der Waals surface area contributed by atoms with Crippen molar-refractivity contribution in [2.45, 2.75) is 87.9 Å². The third-order valence-corrected chi connectivity index (χ3v) is 9.38. The summed E-state index contributed by atoms with van der Waals surface area (Å²) in [4.78, 5) is 43.4. The van der Waals surface area contributed by atoms with Gasteiger partial charge in [0.1, 0.15) is 6.04 Å². The lowest BCUT2D eigenvalue weighted by Gasteiger charge is -2.25. The number of pyridine rings is 1. The highest BCUT2D eigenvalue weighted by molar-refractivity contribution is 7.89. The first-order valence-corrected chi connectivity index (χ1v) is 14.8. The largest absolute Gasteiger partial charge is 0.459 e. The van der Waals surface area contributed by atoms with Gasteiger partial charge in [-0.05, 0) is 56.4 Å². The van der Waals surface area contributed by atoms with Gasteiger partial charge in [-0.15, -0.1) is 0 Å². The molecule has 1 aliphatic heterocycles. The van der Waals surface area contributed by atoms with Gasteiger partial charge in [0.15, 0.2) is 16.6 Å². The van der Waals surface area contributed by atoms with Crippen molar-refractivity contribution in [1.29, 1.82) is 0 Å². The molecule has 0 spiro atoms. The summed E-state index contributed by atoms with van der Waals surface area (Å²) in [6.45, 7) is 1.38. The zero-order chi connectivity index (χ0) is 27.1. The van der Waals surface area contributed by atoms with Crippen LogP contribution in [0.25, 0.3) is 0 Å². The first-order valence-electron chi connectivity index (χ1n) is 13.4. The first kappa shape index (κ1) is 28.0. The molecule has 0 aromatic carbocycles. The van der Waals surface area contributed by atoms with Gasteiger partial charge in [-0.1, -0.05) is 44.6 Å². The van der Waals surface area contributed by atoms with Crippen LogP contribution in [0.4, 0.5) is 0 Å². The number of amides is 2. The minimum atomic E-state index is -3.98. The summed E-state index contributed by atoms with van der Waals surface area (Å²) in [6.07, 6.45) is 10.4. The Morgan fingerprint density at radius 2 is 1.84 bits per heavy atom. The lowest BCUT2D eigenvalue weighted by molar-refractivity contribution is -0.129. The number of aromatic nitrogens is 1. The predicted octanol–water partition coefficient (Wildman–Crippen LogP) is 3.06. The van der Waals surface area contributed by atoms with E-state index in [0.717, 1.165) is 30.0 Å². The summed E-state index contributed by atoms with van der Waals surface area (Å²) in [5.41, 5.74) is 0. The average molecular weight is 545 g/mol. The third kappa shape index (κ3) is 6.87. The van der Waals surface area contributed by atoms with Gasteiger partial charge in [0.25, 0.3) is 15.9 Å².